The number of aliphatic hydroxyl groups is 1. The van der Waals surface area contributed by atoms with Crippen LogP contribution in [0.25, 0.3) is 0 Å². The summed E-state index contributed by atoms with van der Waals surface area (Å²) in [6, 6.07) is -1.24. The number of carbonyl (C=O) groups is 2. The molecule has 110 valence electrons. The van der Waals surface area contributed by atoms with Gasteiger partial charge in [0.1, 0.15) is 5.54 Å². The molecule has 0 radical (unpaired) electrons. The predicted molar refractivity (Wildman–Crippen MR) is 46.8 cm³/mol. The molecule has 0 aliphatic carbocycles. The van der Waals surface area contributed by atoms with E-state index in [1.165, 1.54) is 5.32 Å². The summed E-state index contributed by atoms with van der Waals surface area (Å²) >= 11 is 0. The summed E-state index contributed by atoms with van der Waals surface area (Å²) in [6.45, 7) is 0.648. The molecule has 5 nitrogen and oxygen atoms in total. The van der Waals surface area contributed by atoms with Gasteiger partial charge >= 0.3 is 18.4 Å². The van der Waals surface area contributed by atoms with Crippen LogP contribution in [0, 0.1) is 0 Å². The smallest absolute Gasteiger partial charge is 0.374 e. The highest BCUT2D eigenvalue weighted by Gasteiger charge is 2.72. The van der Waals surface area contributed by atoms with Crippen LogP contribution < -0.4 is 10.6 Å². The Morgan fingerprint density at radius 2 is 1.53 bits per heavy atom. The van der Waals surface area contributed by atoms with Gasteiger partial charge in [0.05, 0.1) is 0 Å². The van der Waals surface area contributed by atoms with Crippen LogP contribution >= 0.6 is 0 Å². The van der Waals surface area contributed by atoms with E-state index in [1.807, 2.05) is 0 Å². The summed E-state index contributed by atoms with van der Waals surface area (Å²) < 4.78 is 74.6. The second kappa shape index (κ2) is 3.99. The largest absolute Gasteiger partial charge is 0.426 e. The van der Waals surface area contributed by atoms with Crippen LogP contribution in [0.1, 0.15) is 13.3 Å². The van der Waals surface area contributed by atoms with E-state index in [0.29, 0.717) is 6.92 Å². The van der Waals surface area contributed by atoms with Crippen molar-refractivity contribution in [2.24, 2.45) is 0 Å². The zero-order valence-electron chi connectivity index (χ0n) is 9.24. The fraction of sp³-hybridized carbons (Fsp3) is 0.750. The summed E-state index contributed by atoms with van der Waals surface area (Å²) in [7, 11) is 0. The quantitative estimate of drug-likeness (QED) is 0.521. The highest BCUT2D eigenvalue weighted by atomic mass is 19.4. The summed E-state index contributed by atoms with van der Waals surface area (Å²) in [5.74, 6) is -1.38. The molecule has 1 aliphatic heterocycles. The van der Waals surface area contributed by atoms with Crippen LogP contribution in [-0.4, -0.2) is 40.5 Å². The molecule has 1 heterocycles. The number of hydrogen-bond donors (Lipinski definition) is 3. The SMILES string of the molecule is CC1(CC(O)(C(F)(F)F)C(F)(F)F)NC(=O)NC1=O. The van der Waals surface area contributed by atoms with Crippen molar-refractivity contribution in [3.8, 4) is 0 Å². The summed E-state index contributed by atoms with van der Waals surface area (Å²) in [6.07, 6.45) is -14.2. The Morgan fingerprint density at radius 3 is 1.79 bits per heavy atom. The fourth-order valence-corrected chi connectivity index (χ4v) is 1.58. The van der Waals surface area contributed by atoms with Gasteiger partial charge in [-0.3, -0.25) is 10.1 Å². The Hall–Kier alpha value is -1.52. The van der Waals surface area contributed by atoms with Crippen molar-refractivity contribution in [1.82, 2.24) is 10.6 Å². The molecule has 1 rings (SSSR count). The first kappa shape index (κ1) is 15.5. The lowest BCUT2D eigenvalue weighted by Gasteiger charge is -2.36. The highest BCUT2D eigenvalue weighted by molar-refractivity contribution is 6.06. The molecule has 19 heavy (non-hydrogen) atoms. The zero-order valence-corrected chi connectivity index (χ0v) is 9.24. The summed E-state index contributed by atoms with van der Waals surface area (Å²) in [5.41, 5.74) is -7.62. The van der Waals surface area contributed by atoms with Gasteiger partial charge in [0, 0.05) is 6.42 Å². The van der Waals surface area contributed by atoms with Crippen molar-refractivity contribution in [2.45, 2.75) is 36.8 Å². The third-order valence-electron chi connectivity index (χ3n) is 2.66. The van der Waals surface area contributed by atoms with Crippen LogP contribution in [0.4, 0.5) is 31.1 Å². The van der Waals surface area contributed by atoms with Gasteiger partial charge in [-0.1, -0.05) is 0 Å². The van der Waals surface area contributed by atoms with Crippen molar-refractivity contribution in [3.05, 3.63) is 0 Å². The molecule has 0 saturated carbocycles. The number of alkyl halides is 6. The molecular weight excluding hydrogens is 286 g/mol. The van der Waals surface area contributed by atoms with E-state index in [0.717, 1.165) is 0 Å². The number of halogens is 6. The first-order valence-electron chi connectivity index (χ1n) is 4.72. The van der Waals surface area contributed by atoms with Gasteiger partial charge in [0.2, 0.25) is 0 Å². The summed E-state index contributed by atoms with van der Waals surface area (Å²) in [5, 5.41) is 12.1. The summed E-state index contributed by atoms with van der Waals surface area (Å²) in [4.78, 5) is 22.0. The van der Waals surface area contributed by atoms with Gasteiger partial charge in [0.15, 0.2) is 0 Å². The monoisotopic (exact) mass is 294 g/mol. The molecule has 0 aromatic carbocycles. The van der Waals surface area contributed by atoms with Crippen molar-refractivity contribution in [2.75, 3.05) is 0 Å². The standard InChI is InChI=1S/C8H8F6N2O3/c1-5(3(17)15-4(18)16-5)2-6(19,7(9,10)11)8(12,13)14/h19H,2H2,1H3,(H2,15,16,17,18). The van der Waals surface area contributed by atoms with Gasteiger partial charge in [0.25, 0.3) is 11.5 Å². The Kier molecular flexibility index (Phi) is 3.26. The lowest BCUT2D eigenvalue weighted by atomic mass is 9.84. The molecular formula is C8H8F6N2O3. The number of amides is 3. The van der Waals surface area contributed by atoms with Gasteiger partial charge < -0.3 is 10.4 Å². The second-order valence-corrected chi connectivity index (χ2v) is 4.27. The molecule has 1 saturated heterocycles. The molecule has 0 spiro atoms. The van der Waals surface area contributed by atoms with E-state index in [9.17, 15) is 35.9 Å². The molecule has 3 amide bonds. The fourth-order valence-electron chi connectivity index (χ4n) is 1.58. The van der Waals surface area contributed by atoms with Gasteiger partial charge in [-0.2, -0.15) is 26.3 Å². The number of rotatable bonds is 2. The van der Waals surface area contributed by atoms with Gasteiger partial charge in [-0.15, -0.1) is 0 Å². The minimum atomic E-state index is -6.05. The van der Waals surface area contributed by atoms with Crippen molar-refractivity contribution >= 4 is 11.9 Å². The van der Waals surface area contributed by atoms with Crippen LogP contribution in [0.3, 0.4) is 0 Å². The molecule has 1 atom stereocenters. The Balaban J connectivity index is 3.18. The number of imide groups is 1. The Bertz CT molecular complexity index is 404. The second-order valence-electron chi connectivity index (χ2n) is 4.27. The molecule has 1 aliphatic rings. The van der Waals surface area contributed by atoms with E-state index in [-0.39, 0.29) is 0 Å². The van der Waals surface area contributed by atoms with Crippen molar-refractivity contribution in [1.29, 1.82) is 0 Å². The lowest BCUT2D eigenvalue weighted by molar-refractivity contribution is -0.372. The van der Waals surface area contributed by atoms with Crippen LogP contribution in [0.15, 0.2) is 0 Å². The highest BCUT2D eigenvalue weighted by Crippen LogP contribution is 2.47. The average molecular weight is 294 g/mol. The average Bonchev–Trinajstić information content (AvgIpc) is 2.35. The minimum Gasteiger partial charge on any atom is -0.374 e. The minimum absolute atomic E-state index is 0.648. The van der Waals surface area contributed by atoms with E-state index in [2.05, 4.69) is 0 Å². The first-order chi connectivity index (χ1) is 8.23. The number of nitrogens with one attached hydrogen (secondary N) is 2. The van der Waals surface area contributed by atoms with E-state index >= 15 is 0 Å². The third kappa shape index (κ3) is 2.46. The molecule has 1 fully saturated rings. The van der Waals surface area contributed by atoms with E-state index in [1.54, 1.807) is 5.32 Å². The van der Waals surface area contributed by atoms with E-state index < -0.39 is 41.9 Å². The third-order valence-corrected chi connectivity index (χ3v) is 2.66. The molecule has 11 heteroatoms. The zero-order chi connectivity index (χ0) is 15.3. The van der Waals surface area contributed by atoms with Crippen LogP contribution in [-0.2, 0) is 4.79 Å². The van der Waals surface area contributed by atoms with E-state index in [4.69, 9.17) is 5.11 Å². The predicted octanol–water partition coefficient (Wildman–Crippen LogP) is 0.830. The molecule has 0 aromatic heterocycles. The maximum atomic E-state index is 12.4. The van der Waals surface area contributed by atoms with Crippen molar-refractivity contribution < 1.29 is 41.0 Å². The Morgan fingerprint density at radius 1 is 1.11 bits per heavy atom. The normalized spacial score (nSPS) is 25.3. The molecule has 0 aromatic rings. The Labute approximate surface area is 101 Å². The number of carbonyl (C=O) groups excluding carboxylic acids is 2. The molecule has 0 bridgehead atoms. The maximum absolute atomic E-state index is 12.4. The first-order valence-corrected chi connectivity index (χ1v) is 4.72. The van der Waals surface area contributed by atoms with Crippen LogP contribution in [0.2, 0.25) is 0 Å². The maximum Gasteiger partial charge on any atom is 0.426 e. The van der Waals surface area contributed by atoms with Gasteiger partial charge in [-0.25, -0.2) is 4.79 Å². The van der Waals surface area contributed by atoms with Crippen LogP contribution in [0.5, 0.6) is 0 Å². The topological polar surface area (TPSA) is 78.4 Å². The number of hydrogen-bond acceptors (Lipinski definition) is 3. The van der Waals surface area contributed by atoms with Crippen molar-refractivity contribution in [3.63, 3.8) is 0 Å². The molecule has 3 N–H and O–H groups in total. The number of urea groups is 1. The lowest BCUT2D eigenvalue weighted by Crippen LogP contribution is -2.63. The molecule has 1 unspecified atom stereocenters. The van der Waals surface area contributed by atoms with Gasteiger partial charge in [-0.05, 0) is 6.92 Å².